The molecule has 1 aromatic carbocycles. The number of ether oxygens (including phenoxy) is 1. The van der Waals surface area contributed by atoms with Crippen molar-refractivity contribution in [2.45, 2.75) is 50.0 Å². The van der Waals surface area contributed by atoms with Crippen molar-refractivity contribution in [2.75, 3.05) is 6.61 Å². The van der Waals surface area contributed by atoms with Crippen molar-refractivity contribution in [1.82, 2.24) is 20.3 Å². The Morgan fingerprint density at radius 1 is 1.06 bits per heavy atom. The van der Waals surface area contributed by atoms with Gasteiger partial charge in [-0.3, -0.25) is 0 Å². The number of rotatable bonds is 7. The summed E-state index contributed by atoms with van der Waals surface area (Å²) in [5.41, 5.74) is -3.05. The Bertz CT molecular complexity index is 1060. The van der Waals surface area contributed by atoms with E-state index in [2.05, 4.69) is 24.9 Å². The Hall–Kier alpha value is -2.77. The second-order valence-corrected chi connectivity index (χ2v) is 7.75. The largest absolute Gasteiger partial charge is 0.492 e. The van der Waals surface area contributed by atoms with Gasteiger partial charge in [0.05, 0.1) is 12.5 Å². The standard InChI is InChI=1S/C18H16F6N4O3S/c1-4-10(14-26-27-16(30-14)32-18(22,23)24)7-29-12-8(2)5-11(6-9(12)3)13-25-15(31-28-13)17(19,20)21/h5-6,10H,4,7H2,1-3H3. The molecular weight excluding hydrogens is 466 g/mol. The van der Waals surface area contributed by atoms with Crippen LogP contribution in [0, 0.1) is 13.8 Å². The average molecular weight is 482 g/mol. The summed E-state index contributed by atoms with van der Waals surface area (Å²) in [7, 11) is 0. The fourth-order valence-electron chi connectivity index (χ4n) is 2.84. The van der Waals surface area contributed by atoms with Crippen LogP contribution in [0.1, 0.15) is 42.2 Å². The van der Waals surface area contributed by atoms with Crippen molar-refractivity contribution < 1.29 is 40.0 Å². The van der Waals surface area contributed by atoms with Gasteiger partial charge in [0.15, 0.2) is 0 Å². The lowest BCUT2D eigenvalue weighted by Gasteiger charge is -2.16. The van der Waals surface area contributed by atoms with Gasteiger partial charge in [-0.05, 0) is 43.5 Å². The van der Waals surface area contributed by atoms with Crippen LogP contribution in [0.4, 0.5) is 26.3 Å². The second-order valence-electron chi connectivity index (χ2n) is 6.73. The van der Waals surface area contributed by atoms with Gasteiger partial charge >= 0.3 is 17.6 Å². The highest BCUT2D eigenvalue weighted by Crippen LogP contribution is 2.37. The quantitative estimate of drug-likeness (QED) is 0.302. The van der Waals surface area contributed by atoms with Crippen molar-refractivity contribution in [3.63, 3.8) is 0 Å². The van der Waals surface area contributed by atoms with E-state index in [-0.39, 0.29) is 18.3 Å². The maximum atomic E-state index is 12.7. The van der Waals surface area contributed by atoms with Crippen LogP contribution in [-0.2, 0) is 6.18 Å². The van der Waals surface area contributed by atoms with Crippen LogP contribution in [0.3, 0.4) is 0 Å². The highest BCUT2D eigenvalue weighted by molar-refractivity contribution is 7.99. The molecule has 0 amide bonds. The molecule has 0 N–H and O–H groups in total. The van der Waals surface area contributed by atoms with Crippen LogP contribution in [0.25, 0.3) is 11.4 Å². The predicted molar refractivity (Wildman–Crippen MR) is 98.9 cm³/mol. The van der Waals surface area contributed by atoms with Gasteiger partial charge in [0.1, 0.15) is 5.75 Å². The molecule has 0 aliphatic heterocycles. The molecule has 0 spiro atoms. The maximum Gasteiger partial charge on any atom is 0.471 e. The van der Waals surface area contributed by atoms with E-state index in [1.165, 1.54) is 0 Å². The van der Waals surface area contributed by atoms with Gasteiger partial charge in [0.25, 0.3) is 5.22 Å². The molecule has 174 valence electrons. The van der Waals surface area contributed by atoms with E-state index >= 15 is 0 Å². The van der Waals surface area contributed by atoms with Crippen LogP contribution in [0.15, 0.2) is 26.3 Å². The number of aromatic nitrogens is 4. The second kappa shape index (κ2) is 9.00. The van der Waals surface area contributed by atoms with Gasteiger partial charge < -0.3 is 13.7 Å². The summed E-state index contributed by atoms with van der Waals surface area (Å²) >= 11 is -0.499. The summed E-state index contributed by atoms with van der Waals surface area (Å²) in [5.74, 6) is -1.66. The lowest BCUT2D eigenvalue weighted by molar-refractivity contribution is -0.159. The number of benzene rings is 1. The molecule has 1 unspecified atom stereocenters. The summed E-state index contributed by atoms with van der Waals surface area (Å²) in [6, 6.07) is 3.08. The normalized spacial score (nSPS) is 13.4. The Morgan fingerprint density at radius 3 is 2.25 bits per heavy atom. The minimum Gasteiger partial charge on any atom is -0.492 e. The summed E-state index contributed by atoms with van der Waals surface area (Å²) in [6.45, 7) is 5.19. The van der Waals surface area contributed by atoms with E-state index in [9.17, 15) is 26.3 Å². The number of thioether (sulfide) groups is 1. The van der Waals surface area contributed by atoms with Gasteiger partial charge in [0, 0.05) is 17.3 Å². The van der Waals surface area contributed by atoms with Crippen molar-refractivity contribution in [3.05, 3.63) is 35.0 Å². The highest BCUT2D eigenvalue weighted by atomic mass is 32.2. The van der Waals surface area contributed by atoms with Gasteiger partial charge in [-0.2, -0.15) is 31.3 Å². The first-order valence-corrected chi connectivity index (χ1v) is 9.93. The number of aryl methyl sites for hydroxylation is 2. The van der Waals surface area contributed by atoms with Crippen molar-refractivity contribution in [1.29, 1.82) is 0 Å². The van der Waals surface area contributed by atoms with Crippen molar-refractivity contribution in [3.8, 4) is 17.1 Å². The molecule has 0 bridgehead atoms. The topological polar surface area (TPSA) is 87.1 Å². The van der Waals surface area contributed by atoms with Crippen LogP contribution in [0.2, 0.25) is 0 Å². The summed E-state index contributed by atoms with van der Waals surface area (Å²) < 4.78 is 90.6. The first-order valence-electron chi connectivity index (χ1n) is 9.11. The SMILES string of the molecule is CCC(COc1c(C)cc(-c2noc(C(F)(F)F)n2)cc1C)c1nnc(SC(F)(F)F)o1. The zero-order valence-electron chi connectivity index (χ0n) is 16.8. The molecule has 0 saturated heterocycles. The lowest BCUT2D eigenvalue weighted by atomic mass is 10.0. The van der Waals surface area contributed by atoms with E-state index in [1.54, 1.807) is 32.9 Å². The minimum atomic E-state index is -4.75. The third-order valence-electron chi connectivity index (χ3n) is 4.28. The molecule has 3 aromatic rings. The number of nitrogens with zero attached hydrogens (tertiary/aromatic N) is 4. The van der Waals surface area contributed by atoms with E-state index in [0.717, 1.165) is 0 Å². The number of halogens is 6. The molecule has 0 aliphatic rings. The molecule has 7 nitrogen and oxygen atoms in total. The molecular formula is C18H16F6N4O3S. The maximum absolute atomic E-state index is 12.7. The molecule has 0 radical (unpaired) electrons. The van der Waals surface area contributed by atoms with Gasteiger partial charge in [0.2, 0.25) is 11.7 Å². The molecule has 32 heavy (non-hydrogen) atoms. The first-order chi connectivity index (χ1) is 14.9. The fraction of sp³-hybridized carbons (Fsp3) is 0.444. The summed E-state index contributed by atoms with van der Waals surface area (Å²) in [5, 5.41) is 9.81. The van der Waals surface area contributed by atoms with Gasteiger partial charge in [-0.15, -0.1) is 10.2 Å². The van der Waals surface area contributed by atoms with Gasteiger partial charge in [-0.1, -0.05) is 12.1 Å². The van der Waals surface area contributed by atoms with E-state index < -0.39 is 40.5 Å². The van der Waals surface area contributed by atoms with E-state index in [4.69, 9.17) is 9.15 Å². The molecule has 3 rings (SSSR count). The summed E-state index contributed by atoms with van der Waals surface area (Å²) in [4.78, 5) is 3.37. The van der Waals surface area contributed by atoms with Crippen LogP contribution < -0.4 is 4.74 Å². The Kier molecular flexibility index (Phi) is 6.72. The van der Waals surface area contributed by atoms with Crippen LogP contribution in [0.5, 0.6) is 5.75 Å². The lowest BCUT2D eigenvalue weighted by Crippen LogP contribution is -2.11. The smallest absolute Gasteiger partial charge is 0.471 e. The van der Waals surface area contributed by atoms with Gasteiger partial charge in [-0.25, -0.2) is 0 Å². The number of hydrogen-bond donors (Lipinski definition) is 0. The Morgan fingerprint density at radius 2 is 1.72 bits per heavy atom. The average Bonchev–Trinajstić information content (AvgIpc) is 3.32. The van der Waals surface area contributed by atoms with E-state index in [1.807, 2.05) is 0 Å². The first kappa shape index (κ1) is 23.9. The minimum absolute atomic E-state index is 0.0117. The monoisotopic (exact) mass is 482 g/mol. The van der Waals surface area contributed by atoms with Crippen LogP contribution in [-0.4, -0.2) is 32.5 Å². The molecule has 0 saturated carbocycles. The fourth-order valence-corrected chi connectivity index (χ4v) is 3.24. The third-order valence-corrected chi connectivity index (χ3v) is 4.85. The molecule has 1 atom stereocenters. The third kappa shape index (κ3) is 5.72. The molecule has 0 aliphatic carbocycles. The Labute approximate surface area is 181 Å². The van der Waals surface area contributed by atoms with Crippen LogP contribution >= 0.6 is 11.8 Å². The van der Waals surface area contributed by atoms with Crippen molar-refractivity contribution in [2.24, 2.45) is 0 Å². The van der Waals surface area contributed by atoms with E-state index in [0.29, 0.717) is 28.9 Å². The molecule has 0 fully saturated rings. The zero-order valence-corrected chi connectivity index (χ0v) is 17.7. The number of alkyl halides is 6. The molecule has 14 heteroatoms. The van der Waals surface area contributed by atoms with Crippen molar-refractivity contribution >= 4 is 11.8 Å². The summed E-state index contributed by atoms with van der Waals surface area (Å²) in [6.07, 6.45) is -4.29. The zero-order chi connectivity index (χ0) is 23.7. The Balaban J connectivity index is 1.74. The number of hydrogen-bond acceptors (Lipinski definition) is 8. The molecule has 2 aromatic heterocycles. The predicted octanol–water partition coefficient (Wildman–Crippen LogP) is 5.94. The highest BCUT2D eigenvalue weighted by Gasteiger charge is 2.38. The molecule has 2 heterocycles.